The molecule has 2 amide bonds. The average molecular weight is 426 g/mol. The summed E-state index contributed by atoms with van der Waals surface area (Å²) in [6, 6.07) is 14.0. The number of amides is 2. The number of primary amides is 1. The minimum Gasteiger partial charge on any atom is -0.493 e. The monoisotopic (exact) mass is 426 g/mol. The number of rotatable bonds is 11. The van der Waals surface area contributed by atoms with Crippen LogP contribution >= 0.6 is 0 Å². The van der Waals surface area contributed by atoms with Crippen LogP contribution < -0.4 is 20.1 Å². The van der Waals surface area contributed by atoms with Gasteiger partial charge in [0.1, 0.15) is 0 Å². The van der Waals surface area contributed by atoms with Gasteiger partial charge in [0.15, 0.2) is 18.1 Å². The lowest BCUT2D eigenvalue weighted by Gasteiger charge is -2.22. The van der Waals surface area contributed by atoms with Gasteiger partial charge in [-0.15, -0.1) is 0 Å². The van der Waals surface area contributed by atoms with Gasteiger partial charge in [0.05, 0.1) is 13.7 Å². The van der Waals surface area contributed by atoms with Crippen molar-refractivity contribution in [2.75, 3.05) is 31.8 Å². The van der Waals surface area contributed by atoms with E-state index in [2.05, 4.69) is 0 Å². The molecule has 8 nitrogen and oxygen atoms in total. The summed E-state index contributed by atoms with van der Waals surface area (Å²) in [5.74, 6) is -0.520. The first-order chi connectivity index (χ1) is 14.9. The quantitative estimate of drug-likeness (QED) is 0.437. The first kappa shape index (κ1) is 23.5. The lowest BCUT2D eigenvalue weighted by atomic mass is 10.2. The molecule has 164 valence electrons. The zero-order chi connectivity index (χ0) is 22.6. The smallest absolute Gasteiger partial charge is 0.331 e. The second-order valence-electron chi connectivity index (χ2n) is 6.38. The Balaban J connectivity index is 1.98. The van der Waals surface area contributed by atoms with Crippen molar-refractivity contribution in [2.45, 2.75) is 13.3 Å². The summed E-state index contributed by atoms with van der Waals surface area (Å²) in [6.45, 7) is 2.00. The molecule has 0 bridgehead atoms. The molecule has 0 aliphatic carbocycles. The number of para-hydroxylation sites is 1. The molecule has 0 spiro atoms. The molecule has 0 aliphatic rings. The normalized spacial score (nSPS) is 10.5. The van der Waals surface area contributed by atoms with Crippen LogP contribution in [0.25, 0.3) is 6.08 Å². The fourth-order valence-corrected chi connectivity index (χ4v) is 2.71. The summed E-state index contributed by atoms with van der Waals surface area (Å²) in [7, 11) is 1.53. The fourth-order valence-electron chi connectivity index (χ4n) is 2.71. The van der Waals surface area contributed by atoms with E-state index in [1.165, 1.54) is 18.1 Å². The summed E-state index contributed by atoms with van der Waals surface area (Å²) in [4.78, 5) is 37.1. The molecule has 0 heterocycles. The van der Waals surface area contributed by atoms with E-state index < -0.39 is 24.4 Å². The third kappa shape index (κ3) is 7.50. The van der Waals surface area contributed by atoms with E-state index in [1.54, 1.807) is 54.6 Å². The molecule has 2 aromatic rings. The van der Waals surface area contributed by atoms with Gasteiger partial charge in [-0.05, 0) is 42.8 Å². The molecule has 0 aromatic heterocycles. The predicted molar refractivity (Wildman–Crippen MR) is 117 cm³/mol. The molecule has 0 fully saturated rings. The van der Waals surface area contributed by atoms with Gasteiger partial charge in [-0.3, -0.25) is 9.59 Å². The van der Waals surface area contributed by atoms with Crippen molar-refractivity contribution in [1.82, 2.24) is 0 Å². The maximum absolute atomic E-state index is 12.6. The summed E-state index contributed by atoms with van der Waals surface area (Å²) < 4.78 is 15.8. The number of hydrogen-bond donors (Lipinski definition) is 1. The van der Waals surface area contributed by atoms with Crippen LogP contribution in [-0.2, 0) is 19.1 Å². The first-order valence-electron chi connectivity index (χ1n) is 9.74. The van der Waals surface area contributed by atoms with Gasteiger partial charge < -0.3 is 24.8 Å². The van der Waals surface area contributed by atoms with Crippen LogP contribution in [0.2, 0.25) is 0 Å². The standard InChI is InChI=1S/C23H26N2O6/c1-3-30-19-11-9-17(15-20(19)29-2)10-12-23(28)31-16-22(27)25(14-13-21(24)26)18-7-5-4-6-8-18/h4-12,15H,3,13-14,16H2,1-2H3,(H2,24,26)/b12-10+. The van der Waals surface area contributed by atoms with Crippen LogP contribution in [-0.4, -0.2) is 44.7 Å². The van der Waals surface area contributed by atoms with Crippen molar-refractivity contribution >= 4 is 29.5 Å². The van der Waals surface area contributed by atoms with Crippen LogP contribution in [0.5, 0.6) is 11.5 Å². The SMILES string of the molecule is CCOc1ccc(/C=C/C(=O)OCC(=O)N(CCC(N)=O)c2ccccc2)cc1OC. The summed E-state index contributed by atoms with van der Waals surface area (Å²) in [6.07, 6.45) is 2.76. The minimum atomic E-state index is -0.677. The molecule has 8 heteroatoms. The van der Waals surface area contributed by atoms with E-state index in [0.29, 0.717) is 29.4 Å². The average Bonchev–Trinajstić information content (AvgIpc) is 2.77. The third-order valence-electron chi connectivity index (χ3n) is 4.19. The Bertz CT molecular complexity index is 927. The van der Waals surface area contributed by atoms with Gasteiger partial charge in [0.2, 0.25) is 5.91 Å². The van der Waals surface area contributed by atoms with E-state index in [9.17, 15) is 14.4 Å². The highest BCUT2D eigenvalue weighted by molar-refractivity contribution is 5.97. The number of carbonyl (C=O) groups is 3. The summed E-state index contributed by atoms with van der Waals surface area (Å²) in [5, 5.41) is 0. The van der Waals surface area contributed by atoms with Crippen LogP contribution in [0.4, 0.5) is 5.69 Å². The highest BCUT2D eigenvalue weighted by atomic mass is 16.5. The molecule has 0 saturated carbocycles. The van der Waals surface area contributed by atoms with Crippen molar-refractivity contribution in [1.29, 1.82) is 0 Å². The number of hydrogen-bond acceptors (Lipinski definition) is 6. The summed E-state index contributed by atoms with van der Waals surface area (Å²) in [5.41, 5.74) is 6.48. The molecule has 0 aliphatic heterocycles. The van der Waals surface area contributed by atoms with Crippen molar-refractivity contribution in [3.63, 3.8) is 0 Å². The Morgan fingerprint density at radius 2 is 1.81 bits per heavy atom. The van der Waals surface area contributed by atoms with Crippen molar-refractivity contribution in [3.8, 4) is 11.5 Å². The van der Waals surface area contributed by atoms with Crippen LogP contribution in [0.15, 0.2) is 54.6 Å². The predicted octanol–water partition coefficient (Wildman–Crippen LogP) is 2.56. The Morgan fingerprint density at radius 1 is 1.06 bits per heavy atom. The fraction of sp³-hybridized carbons (Fsp3) is 0.261. The Morgan fingerprint density at radius 3 is 2.45 bits per heavy atom. The topological polar surface area (TPSA) is 108 Å². The first-order valence-corrected chi connectivity index (χ1v) is 9.74. The highest BCUT2D eigenvalue weighted by Gasteiger charge is 2.17. The van der Waals surface area contributed by atoms with E-state index in [-0.39, 0.29) is 13.0 Å². The number of nitrogens with zero attached hydrogens (tertiary/aromatic N) is 1. The van der Waals surface area contributed by atoms with Crippen LogP contribution in [0.3, 0.4) is 0 Å². The Labute approximate surface area is 181 Å². The Hall–Kier alpha value is -3.81. The second-order valence-corrected chi connectivity index (χ2v) is 6.38. The number of esters is 1. The van der Waals surface area contributed by atoms with E-state index in [0.717, 1.165) is 0 Å². The molecular formula is C23H26N2O6. The summed E-state index contributed by atoms with van der Waals surface area (Å²) >= 11 is 0. The lowest BCUT2D eigenvalue weighted by Crippen LogP contribution is -2.37. The van der Waals surface area contributed by atoms with Gasteiger partial charge in [-0.25, -0.2) is 4.79 Å². The number of benzene rings is 2. The molecule has 0 saturated heterocycles. The van der Waals surface area contributed by atoms with Gasteiger partial charge in [-0.1, -0.05) is 24.3 Å². The highest BCUT2D eigenvalue weighted by Crippen LogP contribution is 2.28. The molecule has 0 atom stereocenters. The van der Waals surface area contributed by atoms with Gasteiger partial charge >= 0.3 is 5.97 Å². The van der Waals surface area contributed by atoms with Gasteiger partial charge in [0, 0.05) is 24.7 Å². The molecular weight excluding hydrogens is 400 g/mol. The molecule has 2 N–H and O–H groups in total. The van der Waals surface area contributed by atoms with E-state index >= 15 is 0 Å². The van der Waals surface area contributed by atoms with Crippen molar-refractivity contribution < 1.29 is 28.6 Å². The largest absolute Gasteiger partial charge is 0.493 e. The minimum absolute atomic E-state index is 0.00590. The molecule has 2 aromatic carbocycles. The van der Waals surface area contributed by atoms with E-state index in [1.807, 2.05) is 6.92 Å². The van der Waals surface area contributed by atoms with Gasteiger partial charge in [-0.2, -0.15) is 0 Å². The zero-order valence-corrected chi connectivity index (χ0v) is 17.6. The Kier molecular flexibility index (Phi) is 9.10. The number of anilines is 1. The van der Waals surface area contributed by atoms with Gasteiger partial charge in [0.25, 0.3) is 5.91 Å². The van der Waals surface area contributed by atoms with Crippen LogP contribution in [0.1, 0.15) is 18.9 Å². The maximum atomic E-state index is 12.6. The number of methoxy groups -OCH3 is 1. The van der Waals surface area contributed by atoms with E-state index in [4.69, 9.17) is 19.9 Å². The van der Waals surface area contributed by atoms with Crippen LogP contribution in [0, 0.1) is 0 Å². The molecule has 0 unspecified atom stereocenters. The third-order valence-corrected chi connectivity index (χ3v) is 4.19. The maximum Gasteiger partial charge on any atom is 0.331 e. The van der Waals surface area contributed by atoms with Crippen molar-refractivity contribution in [3.05, 3.63) is 60.2 Å². The number of ether oxygens (including phenoxy) is 3. The number of nitrogens with two attached hydrogens (primary N) is 1. The number of carbonyl (C=O) groups excluding carboxylic acids is 3. The molecule has 0 radical (unpaired) electrons. The second kappa shape index (κ2) is 12.0. The lowest BCUT2D eigenvalue weighted by molar-refractivity contribution is -0.143. The zero-order valence-electron chi connectivity index (χ0n) is 17.6. The van der Waals surface area contributed by atoms with Crippen molar-refractivity contribution in [2.24, 2.45) is 5.73 Å². The molecule has 2 rings (SSSR count). The molecule has 31 heavy (non-hydrogen) atoms.